The molecule has 9 heteroatoms. The van der Waals surface area contributed by atoms with Gasteiger partial charge in [0.1, 0.15) is 13.2 Å². The number of halogens is 3. The van der Waals surface area contributed by atoms with Crippen molar-refractivity contribution in [1.29, 1.82) is 0 Å². The second kappa shape index (κ2) is 36.1. The number of allylic oxidation sites excluding steroid dienone is 4. The lowest BCUT2D eigenvalue weighted by Crippen LogP contribution is -2.33. The Hall–Kier alpha value is -1.24. The summed E-state index contributed by atoms with van der Waals surface area (Å²) in [5.74, 6) is -1.90. The normalized spacial score (nSPS) is 12.5. The molecule has 0 aromatic rings. The number of unbranched alkanes of at least 4 members (excludes halogenated alkanes) is 22. The van der Waals surface area contributed by atoms with Crippen molar-refractivity contribution in [2.45, 2.75) is 204 Å². The van der Waals surface area contributed by atoms with E-state index in [0.717, 1.165) is 70.6 Å². The van der Waals surface area contributed by atoms with Crippen LogP contribution in [-0.4, -0.2) is 41.0 Å². The Bertz CT molecular complexity index is 871. The van der Waals surface area contributed by atoms with Gasteiger partial charge >= 0.3 is 17.9 Å². The van der Waals surface area contributed by atoms with Gasteiger partial charge in [-0.15, -0.1) is 0 Å². The Kier molecular flexibility index (Phi) is 35.2. The van der Waals surface area contributed by atoms with Gasteiger partial charge in [-0.2, -0.15) is 0 Å². The minimum absolute atomic E-state index is 0.227. The summed E-state index contributed by atoms with van der Waals surface area (Å²) in [7, 11) is 0. The molecule has 0 spiro atoms. The first-order chi connectivity index (χ1) is 24.2. The SMILES string of the molecule is CCCCCCCC/C=C\CCCCCCCC(=O)OC[C@@H](COC(=O)C(Cl)(Cl)Cl)OC(=O)CCCCCCC/C=C\CCCCCCCC. The van der Waals surface area contributed by atoms with Crippen LogP contribution in [0.2, 0.25) is 0 Å². The number of carbonyl (C=O) groups is 3. The van der Waals surface area contributed by atoms with E-state index in [1.54, 1.807) is 0 Å². The number of hydrogen-bond acceptors (Lipinski definition) is 6. The second-order valence-electron chi connectivity index (χ2n) is 13.6. The van der Waals surface area contributed by atoms with Crippen LogP contribution in [0.25, 0.3) is 0 Å². The number of rotatable bonds is 35. The van der Waals surface area contributed by atoms with E-state index >= 15 is 0 Å². The van der Waals surface area contributed by atoms with E-state index in [9.17, 15) is 14.4 Å². The van der Waals surface area contributed by atoms with Crippen LogP contribution < -0.4 is 0 Å². The fraction of sp³-hybridized carbons (Fsp3) is 0.829. The molecule has 0 aliphatic heterocycles. The highest BCUT2D eigenvalue weighted by Gasteiger charge is 2.33. The van der Waals surface area contributed by atoms with Gasteiger partial charge in [-0.05, 0) is 64.2 Å². The van der Waals surface area contributed by atoms with Crippen LogP contribution in [0.4, 0.5) is 0 Å². The molecule has 0 amide bonds. The summed E-state index contributed by atoms with van der Waals surface area (Å²) >= 11 is 16.8. The molecule has 0 unspecified atom stereocenters. The van der Waals surface area contributed by atoms with Crippen molar-refractivity contribution < 1.29 is 28.6 Å². The van der Waals surface area contributed by atoms with Crippen molar-refractivity contribution in [3.8, 4) is 0 Å². The molecule has 0 aliphatic carbocycles. The van der Waals surface area contributed by atoms with E-state index in [0.29, 0.717) is 6.42 Å². The summed E-state index contributed by atoms with van der Waals surface area (Å²) < 4.78 is 13.6. The Balaban J connectivity index is 4.13. The van der Waals surface area contributed by atoms with Crippen molar-refractivity contribution in [2.24, 2.45) is 0 Å². The minimum Gasteiger partial charge on any atom is -0.462 e. The lowest BCUT2D eigenvalue weighted by molar-refractivity contribution is -0.166. The van der Waals surface area contributed by atoms with Gasteiger partial charge in [-0.25, -0.2) is 4.79 Å². The summed E-state index contributed by atoms with van der Waals surface area (Å²) in [4.78, 5) is 36.8. The van der Waals surface area contributed by atoms with E-state index in [1.165, 1.54) is 89.9 Å². The van der Waals surface area contributed by atoms with Gasteiger partial charge in [-0.3, -0.25) is 9.59 Å². The largest absolute Gasteiger partial charge is 0.462 e. The van der Waals surface area contributed by atoms with Gasteiger partial charge in [0.15, 0.2) is 6.10 Å². The number of ether oxygens (including phenoxy) is 3. The quantitative estimate of drug-likeness (QED) is 0.0210. The lowest BCUT2D eigenvalue weighted by atomic mass is 10.1. The highest BCUT2D eigenvalue weighted by atomic mass is 35.6. The molecule has 0 saturated heterocycles. The van der Waals surface area contributed by atoms with Gasteiger partial charge in [0.05, 0.1) is 0 Å². The van der Waals surface area contributed by atoms with E-state index in [-0.39, 0.29) is 32.0 Å². The molecule has 0 aliphatic rings. The van der Waals surface area contributed by atoms with Crippen molar-refractivity contribution in [2.75, 3.05) is 13.2 Å². The number of esters is 3. The fourth-order valence-corrected chi connectivity index (χ4v) is 5.71. The molecule has 0 aromatic heterocycles. The smallest absolute Gasteiger partial charge is 0.358 e. The molecular formula is C41H71Cl3O6. The van der Waals surface area contributed by atoms with E-state index in [4.69, 9.17) is 49.0 Å². The summed E-state index contributed by atoms with van der Waals surface area (Å²) in [6.45, 7) is 3.90. The third kappa shape index (κ3) is 35.2. The predicted molar refractivity (Wildman–Crippen MR) is 211 cm³/mol. The number of alkyl halides is 3. The zero-order chi connectivity index (χ0) is 37.0. The molecular weight excluding hydrogens is 695 g/mol. The summed E-state index contributed by atoms with van der Waals surface area (Å²) in [6.07, 6.45) is 39.3. The maximum atomic E-state index is 12.5. The summed E-state index contributed by atoms with van der Waals surface area (Å²) in [5.41, 5.74) is 0. The first kappa shape index (κ1) is 48.8. The molecule has 292 valence electrons. The highest BCUT2D eigenvalue weighted by molar-refractivity contribution is 6.75. The van der Waals surface area contributed by atoms with Crippen LogP contribution in [-0.2, 0) is 28.6 Å². The molecule has 0 fully saturated rings. The summed E-state index contributed by atoms with van der Waals surface area (Å²) in [6, 6.07) is 0. The zero-order valence-electron chi connectivity index (χ0n) is 31.7. The average molecular weight is 766 g/mol. The number of carbonyl (C=O) groups excluding carboxylic acids is 3. The third-order valence-corrected chi connectivity index (χ3v) is 9.11. The minimum atomic E-state index is -2.25. The lowest BCUT2D eigenvalue weighted by Gasteiger charge is -2.19. The van der Waals surface area contributed by atoms with Crippen molar-refractivity contribution in [3.05, 3.63) is 24.3 Å². The highest BCUT2D eigenvalue weighted by Crippen LogP contribution is 2.27. The molecule has 0 heterocycles. The topological polar surface area (TPSA) is 78.9 Å². The molecule has 50 heavy (non-hydrogen) atoms. The van der Waals surface area contributed by atoms with Crippen molar-refractivity contribution in [1.82, 2.24) is 0 Å². The second-order valence-corrected chi connectivity index (χ2v) is 15.8. The standard InChI is InChI=1S/C41H71Cl3O6/c1-3-5-7-9-11-13-15-17-19-21-23-25-27-29-31-33-38(45)48-35-37(36-49-40(47)41(42,43)44)50-39(46)34-32-30-28-26-24-22-20-18-16-14-12-10-8-6-4-2/h17-20,37H,3-16,21-36H2,1-2H3/b19-17-,20-18-/t37-/m0/s1. The molecule has 0 rings (SSSR count). The molecule has 6 nitrogen and oxygen atoms in total. The van der Waals surface area contributed by atoms with Gasteiger partial charge in [-0.1, -0.05) is 176 Å². The fourth-order valence-electron chi connectivity index (χ4n) is 5.55. The van der Waals surface area contributed by atoms with Crippen molar-refractivity contribution >= 4 is 52.7 Å². The molecule has 0 radical (unpaired) electrons. The van der Waals surface area contributed by atoms with Crippen LogP contribution in [0.3, 0.4) is 0 Å². The average Bonchev–Trinajstić information content (AvgIpc) is 3.08. The van der Waals surface area contributed by atoms with Crippen LogP contribution in [0.5, 0.6) is 0 Å². The predicted octanol–water partition coefficient (Wildman–Crippen LogP) is 13.4. The maximum Gasteiger partial charge on any atom is 0.358 e. The van der Waals surface area contributed by atoms with E-state index in [1.807, 2.05) is 0 Å². The molecule has 0 bridgehead atoms. The van der Waals surface area contributed by atoms with Crippen LogP contribution in [0.15, 0.2) is 24.3 Å². The van der Waals surface area contributed by atoms with Crippen LogP contribution in [0.1, 0.15) is 194 Å². The Morgan fingerprint density at radius 3 is 1.22 bits per heavy atom. The Labute approximate surface area is 321 Å². The summed E-state index contributed by atoms with van der Waals surface area (Å²) in [5, 5.41) is 0. The zero-order valence-corrected chi connectivity index (χ0v) is 34.0. The third-order valence-electron chi connectivity index (χ3n) is 8.65. The molecule has 0 N–H and O–H groups in total. The first-order valence-corrected chi connectivity index (χ1v) is 21.2. The maximum absolute atomic E-state index is 12.5. The molecule has 0 aromatic carbocycles. The van der Waals surface area contributed by atoms with Gasteiger partial charge < -0.3 is 14.2 Å². The van der Waals surface area contributed by atoms with Crippen molar-refractivity contribution in [3.63, 3.8) is 0 Å². The Morgan fingerprint density at radius 1 is 0.480 bits per heavy atom. The first-order valence-electron chi connectivity index (χ1n) is 20.1. The van der Waals surface area contributed by atoms with Gasteiger partial charge in [0.2, 0.25) is 0 Å². The van der Waals surface area contributed by atoms with E-state index in [2.05, 4.69) is 38.2 Å². The van der Waals surface area contributed by atoms with Gasteiger partial charge in [0.25, 0.3) is 3.79 Å². The molecule has 0 saturated carbocycles. The van der Waals surface area contributed by atoms with E-state index < -0.39 is 21.8 Å². The van der Waals surface area contributed by atoms with Crippen LogP contribution in [0, 0.1) is 0 Å². The van der Waals surface area contributed by atoms with Crippen LogP contribution >= 0.6 is 34.8 Å². The molecule has 1 atom stereocenters. The monoisotopic (exact) mass is 764 g/mol. The Morgan fingerprint density at radius 2 is 0.820 bits per heavy atom. The van der Waals surface area contributed by atoms with Gasteiger partial charge in [0, 0.05) is 12.8 Å². The number of hydrogen-bond donors (Lipinski definition) is 0.